The maximum absolute atomic E-state index is 5.26. The van der Waals surface area contributed by atoms with E-state index in [0.29, 0.717) is 6.54 Å². The van der Waals surface area contributed by atoms with Gasteiger partial charge in [-0.2, -0.15) is 0 Å². The molecule has 1 N–H and O–H groups in total. The van der Waals surface area contributed by atoms with Gasteiger partial charge in [-0.3, -0.25) is 5.32 Å². The SMILES string of the molecule is C#CCN[C@@H](C)c1cccc2ccccc12. The Morgan fingerprint density at radius 1 is 1.19 bits per heavy atom. The molecule has 0 aliphatic rings. The highest BCUT2D eigenvalue weighted by molar-refractivity contribution is 5.86. The predicted molar refractivity (Wildman–Crippen MR) is 69.2 cm³/mol. The summed E-state index contributed by atoms with van der Waals surface area (Å²) in [5.74, 6) is 2.61. The zero-order valence-electron chi connectivity index (χ0n) is 9.40. The van der Waals surface area contributed by atoms with E-state index < -0.39 is 0 Å². The lowest BCUT2D eigenvalue weighted by Gasteiger charge is -2.14. The summed E-state index contributed by atoms with van der Waals surface area (Å²) in [6.07, 6.45) is 5.26. The van der Waals surface area contributed by atoms with Gasteiger partial charge in [0.25, 0.3) is 0 Å². The molecular weight excluding hydrogens is 194 g/mol. The van der Waals surface area contributed by atoms with Gasteiger partial charge in [-0.05, 0) is 23.3 Å². The Morgan fingerprint density at radius 3 is 2.75 bits per heavy atom. The summed E-state index contributed by atoms with van der Waals surface area (Å²) in [7, 11) is 0. The minimum absolute atomic E-state index is 0.280. The normalized spacial score (nSPS) is 12.2. The molecule has 0 aliphatic carbocycles. The van der Waals surface area contributed by atoms with E-state index in [1.165, 1.54) is 16.3 Å². The molecule has 2 aromatic carbocycles. The maximum Gasteiger partial charge on any atom is 0.0578 e. The molecule has 0 unspecified atom stereocenters. The van der Waals surface area contributed by atoms with E-state index in [0.717, 1.165) is 0 Å². The monoisotopic (exact) mass is 209 g/mol. The molecule has 0 heterocycles. The molecule has 1 atom stereocenters. The van der Waals surface area contributed by atoms with Crippen LogP contribution in [0.3, 0.4) is 0 Å². The fourth-order valence-corrected chi connectivity index (χ4v) is 1.95. The Kier molecular flexibility index (Phi) is 3.24. The van der Waals surface area contributed by atoms with E-state index in [-0.39, 0.29) is 6.04 Å². The summed E-state index contributed by atoms with van der Waals surface area (Å²) in [6, 6.07) is 15.1. The zero-order valence-corrected chi connectivity index (χ0v) is 9.40. The van der Waals surface area contributed by atoms with Crippen LogP contribution in [0.1, 0.15) is 18.5 Å². The highest BCUT2D eigenvalue weighted by Gasteiger charge is 2.07. The van der Waals surface area contributed by atoms with Gasteiger partial charge in [-0.1, -0.05) is 48.4 Å². The summed E-state index contributed by atoms with van der Waals surface area (Å²) in [5.41, 5.74) is 1.30. The first kappa shape index (κ1) is 10.7. The van der Waals surface area contributed by atoms with Gasteiger partial charge < -0.3 is 0 Å². The Bertz CT molecular complexity index is 517. The summed E-state index contributed by atoms with van der Waals surface area (Å²) >= 11 is 0. The number of terminal acetylenes is 1. The fraction of sp³-hybridized carbons (Fsp3) is 0.200. The molecule has 0 bridgehead atoms. The summed E-state index contributed by atoms with van der Waals surface area (Å²) in [5, 5.41) is 5.87. The minimum Gasteiger partial charge on any atom is -0.300 e. The van der Waals surface area contributed by atoms with E-state index in [1.807, 2.05) is 0 Å². The van der Waals surface area contributed by atoms with Crippen LogP contribution in [0.15, 0.2) is 42.5 Å². The third kappa shape index (κ3) is 2.08. The van der Waals surface area contributed by atoms with Gasteiger partial charge in [0.2, 0.25) is 0 Å². The van der Waals surface area contributed by atoms with Gasteiger partial charge in [0.05, 0.1) is 6.54 Å². The molecule has 2 rings (SSSR count). The lowest BCUT2D eigenvalue weighted by Crippen LogP contribution is -2.18. The molecule has 0 aromatic heterocycles. The molecule has 0 amide bonds. The van der Waals surface area contributed by atoms with Crippen molar-refractivity contribution in [3.8, 4) is 12.3 Å². The van der Waals surface area contributed by atoms with E-state index in [1.54, 1.807) is 0 Å². The van der Waals surface area contributed by atoms with Crippen LogP contribution in [0.2, 0.25) is 0 Å². The largest absolute Gasteiger partial charge is 0.300 e. The van der Waals surface area contributed by atoms with Gasteiger partial charge in [0.1, 0.15) is 0 Å². The van der Waals surface area contributed by atoms with E-state index >= 15 is 0 Å². The number of fused-ring (bicyclic) bond motifs is 1. The van der Waals surface area contributed by atoms with Gasteiger partial charge in [-0.25, -0.2) is 0 Å². The zero-order chi connectivity index (χ0) is 11.4. The minimum atomic E-state index is 0.280. The number of benzene rings is 2. The Balaban J connectivity index is 2.40. The molecule has 0 saturated carbocycles. The molecule has 1 heteroatoms. The van der Waals surface area contributed by atoms with Crippen molar-refractivity contribution in [2.45, 2.75) is 13.0 Å². The van der Waals surface area contributed by atoms with Gasteiger partial charge in [-0.15, -0.1) is 6.42 Å². The molecule has 0 spiro atoms. The van der Waals surface area contributed by atoms with Gasteiger partial charge in [0, 0.05) is 6.04 Å². The fourth-order valence-electron chi connectivity index (χ4n) is 1.95. The maximum atomic E-state index is 5.26. The van der Waals surface area contributed by atoms with Crippen LogP contribution >= 0.6 is 0 Å². The lowest BCUT2D eigenvalue weighted by atomic mass is 10.00. The van der Waals surface area contributed by atoms with Crippen molar-refractivity contribution in [1.29, 1.82) is 0 Å². The molecule has 0 radical (unpaired) electrons. The van der Waals surface area contributed by atoms with Gasteiger partial charge >= 0.3 is 0 Å². The average Bonchev–Trinajstić information content (AvgIpc) is 2.35. The first-order chi connectivity index (χ1) is 7.83. The van der Waals surface area contributed by atoms with Crippen molar-refractivity contribution in [2.75, 3.05) is 6.54 Å². The van der Waals surface area contributed by atoms with Crippen LogP contribution in [0.4, 0.5) is 0 Å². The van der Waals surface area contributed by atoms with Crippen molar-refractivity contribution in [3.63, 3.8) is 0 Å². The summed E-state index contributed by atoms with van der Waals surface area (Å²) in [4.78, 5) is 0. The third-order valence-electron chi connectivity index (χ3n) is 2.80. The smallest absolute Gasteiger partial charge is 0.0578 e. The predicted octanol–water partition coefficient (Wildman–Crippen LogP) is 3.12. The van der Waals surface area contributed by atoms with Crippen LogP contribution in [0, 0.1) is 12.3 Å². The van der Waals surface area contributed by atoms with E-state index in [2.05, 4.69) is 60.6 Å². The number of hydrogen-bond donors (Lipinski definition) is 1. The van der Waals surface area contributed by atoms with Gasteiger partial charge in [0.15, 0.2) is 0 Å². The summed E-state index contributed by atoms with van der Waals surface area (Å²) in [6.45, 7) is 2.74. The third-order valence-corrected chi connectivity index (χ3v) is 2.80. The highest BCUT2D eigenvalue weighted by atomic mass is 14.9. The molecule has 0 saturated heterocycles. The Hall–Kier alpha value is -1.78. The average molecular weight is 209 g/mol. The number of nitrogens with one attached hydrogen (secondary N) is 1. The molecule has 0 fully saturated rings. The second kappa shape index (κ2) is 4.83. The number of hydrogen-bond acceptors (Lipinski definition) is 1. The molecule has 0 aliphatic heterocycles. The topological polar surface area (TPSA) is 12.0 Å². The van der Waals surface area contributed by atoms with E-state index in [9.17, 15) is 0 Å². The van der Waals surface area contributed by atoms with Crippen LogP contribution in [0.25, 0.3) is 10.8 Å². The van der Waals surface area contributed by atoms with Crippen molar-refractivity contribution in [2.24, 2.45) is 0 Å². The van der Waals surface area contributed by atoms with Crippen molar-refractivity contribution in [1.82, 2.24) is 5.32 Å². The lowest BCUT2D eigenvalue weighted by molar-refractivity contribution is 0.627. The van der Waals surface area contributed by atoms with Crippen molar-refractivity contribution in [3.05, 3.63) is 48.0 Å². The Labute approximate surface area is 96.5 Å². The van der Waals surface area contributed by atoms with E-state index in [4.69, 9.17) is 6.42 Å². The number of rotatable bonds is 3. The molecule has 16 heavy (non-hydrogen) atoms. The van der Waals surface area contributed by atoms with Crippen LogP contribution in [-0.2, 0) is 0 Å². The van der Waals surface area contributed by atoms with Crippen molar-refractivity contribution >= 4 is 10.8 Å². The molecule has 80 valence electrons. The highest BCUT2D eigenvalue weighted by Crippen LogP contribution is 2.23. The standard InChI is InChI=1S/C15H15N/c1-3-11-16-12(2)14-10-6-8-13-7-4-5-9-15(13)14/h1,4-10,12,16H,11H2,2H3/t12-/m0/s1. The first-order valence-corrected chi connectivity index (χ1v) is 5.47. The molecule has 1 nitrogen and oxygen atoms in total. The van der Waals surface area contributed by atoms with Crippen LogP contribution in [-0.4, -0.2) is 6.54 Å². The summed E-state index contributed by atoms with van der Waals surface area (Å²) < 4.78 is 0. The van der Waals surface area contributed by atoms with Crippen molar-refractivity contribution < 1.29 is 0 Å². The van der Waals surface area contributed by atoms with Crippen LogP contribution in [0.5, 0.6) is 0 Å². The second-order valence-electron chi connectivity index (χ2n) is 3.88. The Morgan fingerprint density at radius 2 is 1.94 bits per heavy atom. The molecule has 2 aromatic rings. The quantitative estimate of drug-likeness (QED) is 0.766. The first-order valence-electron chi connectivity index (χ1n) is 5.47. The second-order valence-corrected chi connectivity index (χ2v) is 3.88. The molecular formula is C15H15N. The van der Waals surface area contributed by atoms with Crippen LogP contribution < -0.4 is 5.32 Å².